The SMILES string of the molecule is Cn1cc(-c2cnc(N)c(C(=O)N[C@@H]3CCN(C(=O)Oc4ccc(N)c(Cl)c4)C3)c2)cn1. The van der Waals surface area contributed by atoms with Crippen LogP contribution in [0.5, 0.6) is 5.75 Å². The van der Waals surface area contributed by atoms with E-state index in [0.717, 1.165) is 11.1 Å². The summed E-state index contributed by atoms with van der Waals surface area (Å²) in [7, 11) is 1.81. The summed E-state index contributed by atoms with van der Waals surface area (Å²) in [6.07, 6.45) is 5.16. The van der Waals surface area contributed by atoms with E-state index in [-0.39, 0.29) is 23.3 Å². The maximum absolute atomic E-state index is 12.8. The number of pyridine rings is 1. The van der Waals surface area contributed by atoms with Crippen molar-refractivity contribution in [1.82, 2.24) is 25.0 Å². The lowest BCUT2D eigenvalue weighted by molar-refractivity contribution is 0.0937. The molecule has 11 heteroatoms. The Labute approximate surface area is 189 Å². The number of halogens is 1. The first-order valence-electron chi connectivity index (χ1n) is 9.87. The third kappa shape index (κ3) is 4.59. The van der Waals surface area contributed by atoms with E-state index in [1.54, 1.807) is 42.3 Å². The molecule has 1 aliphatic heterocycles. The first-order valence-corrected chi connectivity index (χ1v) is 10.2. The lowest BCUT2D eigenvalue weighted by Gasteiger charge is -2.17. The number of nitrogen functional groups attached to an aromatic ring is 2. The molecule has 2 aromatic heterocycles. The molecule has 0 unspecified atom stereocenters. The van der Waals surface area contributed by atoms with Gasteiger partial charge in [-0.2, -0.15) is 5.10 Å². The van der Waals surface area contributed by atoms with Gasteiger partial charge >= 0.3 is 6.09 Å². The van der Waals surface area contributed by atoms with Crippen molar-refractivity contribution >= 4 is 35.1 Å². The van der Waals surface area contributed by atoms with Gasteiger partial charge in [-0.15, -0.1) is 0 Å². The molecule has 0 spiro atoms. The molecule has 0 radical (unpaired) electrons. The van der Waals surface area contributed by atoms with E-state index < -0.39 is 6.09 Å². The van der Waals surface area contributed by atoms with Crippen LogP contribution in [0.2, 0.25) is 5.02 Å². The molecule has 0 saturated carbocycles. The second kappa shape index (κ2) is 8.75. The van der Waals surface area contributed by atoms with Crippen molar-refractivity contribution in [2.24, 2.45) is 7.05 Å². The van der Waals surface area contributed by atoms with Crippen LogP contribution in [0, 0.1) is 0 Å². The molecule has 1 saturated heterocycles. The highest BCUT2D eigenvalue weighted by molar-refractivity contribution is 6.33. The number of nitrogens with two attached hydrogens (primary N) is 2. The number of nitrogens with one attached hydrogen (secondary N) is 1. The predicted octanol–water partition coefficient (Wildman–Crippen LogP) is 2.30. The number of ether oxygens (including phenoxy) is 1. The number of rotatable bonds is 4. The quantitative estimate of drug-likeness (QED) is 0.512. The Balaban J connectivity index is 1.38. The fourth-order valence-corrected chi connectivity index (χ4v) is 3.60. The number of benzene rings is 1. The van der Waals surface area contributed by atoms with E-state index >= 15 is 0 Å². The topological polar surface area (TPSA) is 141 Å². The van der Waals surface area contributed by atoms with Crippen LogP contribution >= 0.6 is 11.6 Å². The van der Waals surface area contributed by atoms with Gasteiger partial charge in [-0.1, -0.05) is 11.6 Å². The average Bonchev–Trinajstić information content (AvgIpc) is 3.40. The second-order valence-electron chi connectivity index (χ2n) is 7.52. The molecule has 3 heterocycles. The van der Waals surface area contributed by atoms with Crippen molar-refractivity contribution < 1.29 is 14.3 Å². The van der Waals surface area contributed by atoms with Crippen molar-refractivity contribution in [3.8, 4) is 16.9 Å². The first kappa shape index (κ1) is 21.4. The summed E-state index contributed by atoms with van der Waals surface area (Å²) in [4.78, 5) is 30.9. The largest absolute Gasteiger partial charge is 0.415 e. The van der Waals surface area contributed by atoms with E-state index in [9.17, 15) is 9.59 Å². The fraction of sp³-hybridized carbons (Fsp3) is 0.238. The van der Waals surface area contributed by atoms with Crippen LogP contribution in [0.1, 0.15) is 16.8 Å². The smallest absolute Gasteiger partial charge is 0.410 e. The predicted molar refractivity (Wildman–Crippen MR) is 120 cm³/mol. The number of hydrogen-bond acceptors (Lipinski definition) is 7. The number of nitrogens with zero attached hydrogens (tertiary/aromatic N) is 4. The van der Waals surface area contributed by atoms with Crippen LogP contribution in [0.3, 0.4) is 0 Å². The zero-order valence-electron chi connectivity index (χ0n) is 17.3. The molecule has 4 rings (SSSR count). The van der Waals surface area contributed by atoms with Crippen molar-refractivity contribution in [2.75, 3.05) is 24.6 Å². The highest BCUT2D eigenvalue weighted by Gasteiger charge is 2.29. The Morgan fingerprint density at radius 1 is 1.22 bits per heavy atom. The molecule has 3 aromatic rings. The lowest BCUT2D eigenvalue weighted by Crippen LogP contribution is -2.39. The maximum atomic E-state index is 12.8. The van der Waals surface area contributed by atoms with Crippen LogP contribution in [0.4, 0.5) is 16.3 Å². The molecule has 1 aliphatic rings. The maximum Gasteiger partial charge on any atom is 0.415 e. The number of aryl methyl sites for hydroxylation is 1. The zero-order chi connectivity index (χ0) is 22.8. The third-order valence-corrected chi connectivity index (χ3v) is 5.49. The standard InChI is InChI=1S/C21H22ClN7O3/c1-28-10-13(9-26-28)12-6-16(19(24)25-8-12)20(30)27-14-4-5-29(11-14)21(31)32-15-2-3-18(23)17(22)7-15/h2-3,6-10,14H,4-5,11,23H2,1H3,(H2,24,25)(H,27,30)/t14-/m1/s1. The van der Waals surface area contributed by atoms with Gasteiger partial charge in [0.25, 0.3) is 5.91 Å². The van der Waals surface area contributed by atoms with Gasteiger partial charge in [0.15, 0.2) is 0 Å². The summed E-state index contributed by atoms with van der Waals surface area (Å²) >= 11 is 5.96. The molecule has 10 nitrogen and oxygen atoms in total. The summed E-state index contributed by atoms with van der Waals surface area (Å²) in [5, 5.41) is 7.36. The van der Waals surface area contributed by atoms with Crippen LogP contribution in [-0.2, 0) is 7.05 Å². The van der Waals surface area contributed by atoms with Crippen molar-refractivity contribution in [3.63, 3.8) is 0 Å². The minimum Gasteiger partial charge on any atom is -0.410 e. The molecular formula is C21H22ClN7O3. The first-order chi connectivity index (χ1) is 15.3. The molecule has 32 heavy (non-hydrogen) atoms. The fourth-order valence-electron chi connectivity index (χ4n) is 3.43. The number of anilines is 2. The molecule has 0 bridgehead atoms. The Bertz CT molecular complexity index is 1180. The number of likely N-dealkylation sites (tertiary alicyclic amines) is 1. The zero-order valence-corrected chi connectivity index (χ0v) is 18.0. The number of carbonyl (C=O) groups excluding carboxylic acids is 2. The number of carbonyl (C=O) groups is 2. The molecule has 2 amide bonds. The normalized spacial score (nSPS) is 15.6. The van der Waals surface area contributed by atoms with Gasteiger partial charge in [0, 0.05) is 55.8 Å². The Morgan fingerprint density at radius 3 is 2.75 bits per heavy atom. The highest BCUT2D eigenvalue weighted by atomic mass is 35.5. The minimum atomic E-state index is -0.526. The van der Waals surface area contributed by atoms with E-state index in [4.69, 9.17) is 27.8 Å². The molecular weight excluding hydrogens is 434 g/mol. The van der Waals surface area contributed by atoms with Gasteiger partial charge < -0.3 is 26.4 Å². The molecule has 1 atom stereocenters. The van der Waals surface area contributed by atoms with Gasteiger partial charge in [0.1, 0.15) is 11.6 Å². The van der Waals surface area contributed by atoms with E-state index in [1.165, 1.54) is 11.0 Å². The summed E-state index contributed by atoms with van der Waals surface area (Å²) in [5.41, 5.74) is 13.8. The number of hydrogen-bond donors (Lipinski definition) is 3. The van der Waals surface area contributed by atoms with Gasteiger partial charge in [-0.05, 0) is 24.6 Å². The van der Waals surface area contributed by atoms with Crippen LogP contribution in [0.25, 0.3) is 11.1 Å². The van der Waals surface area contributed by atoms with Gasteiger partial charge in [-0.3, -0.25) is 9.48 Å². The second-order valence-corrected chi connectivity index (χ2v) is 7.92. The van der Waals surface area contributed by atoms with E-state index in [0.29, 0.717) is 36.0 Å². The summed E-state index contributed by atoms with van der Waals surface area (Å²) in [5.74, 6) is 0.0728. The molecule has 5 N–H and O–H groups in total. The van der Waals surface area contributed by atoms with Crippen LogP contribution in [0.15, 0.2) is 42.9 Å². The molecule has 1 fully saturated rings. The van der Waals surface area contributed by atoms with Crippen LogP contribution < -0.4 is 21.5 Å². The average molecular weight is 456 g/mol. The monoisotopic (exact) mass is 455 g/mol. The Hall–Kier alpha value is -3.79. The van der Waals surface area contributed by atoms with Gasteiger partial charge in [-0.25, -0.2) is 9.78 Å². The van der Waals surface area contributed by atoms with E-state index in [2.05, 4.69) is 15.4 Å². The van der Waals surface area contributed by atoms with Crippen molar-refractivity contribution in [2.45, 2.75) is 12.5 Å². The minimum absolute atomic E-state index is 0.129. The van der Waals surface area contributed by atoms with Crippen molar-refractivity contribution in [3.05, 3.63) is 53.4 Å². The molecule has 1 aromatic carbocycles. The molecule has 0 aliphatic carbocycles. The van der Waals surface area contributed by atoms with Gasteiger partial charge in [0.05, 0.1) is 22.5 Å². The van der Waals surface area contributed by atoms with E-state index in [1.807, 2.05) is 6.20 Å². The van der Waals surface area contributed by atoms with Crippen molar-refractivity contribution in [1.29, 1.82) is 0 Å². The number of amides is 2. The summed E-state index contributed by atoms with van der Waals surface area (Å²) in [6.45, 7) is 0.749. The Kier molecular flexibility index (Phi) is 5.87. The number of aromatic nitrogens is 3. The summed E-state index contributed by atoms with van der Waals surface area (Å²) < 4.78 is 7.02. The molecule has 166 valence electrons. The van der Waals surface area contributed by atoms with Gasteiger partial charge in [0.2, 0.25) is 0 Å². The summed E-state index contributed by atoms with van der Waals surface area (Å²) in [6, 6.07) is 6.05. The highest BCUT2D eigenvalue weighted by Crippen LogP contribution is 2.25. The Morgan fingerprint density at radius 2 is 2.03 bits per heavy atom. The van der Waals surface area contributed by atoms with Crippen LogP contribution in [-0.4, -0.2) is 50.8 Å². The lowest BCUT2D eigenvalue weighted by atomic mass is 10.1. The third-order valence-electron chi connectivity index (χ3n) is 5.16.